The molecular formula is C42H68N4O10. The lowest BCUT2D eigenvalue weighted by Crippen LogP contribution is -2.42. The summed E-state index contributed by atoms with van der Waals surface area (Å²) in [5.74, 6) is -0.983. The van der Waals surface area contributed by atoms with Crippen molar-refractivity contribution in [1.29, 1.82) is 0 Å². The number of ether oxygens (including phenoxy) is 4. The van der Waals surface area contributed by atoms with Crippen molar-refractivity contribution in [2.24, 2.45) is 0 Å². The fourth-order valence-corrected chi connectivity index (χ4v) is 5.75. The summed E-state index contributed by atoms with van der Waals surface area (Å²) in [6, 6.07) is 6.70. The molecule has 0 spiro atoms. The topological polar surface area (TPSA) is 152 Å². The number of carbonyl (C=O) groups is 6. The molecule has 1 aromatic rings. The lowest BCUT2D eigenvalue weighted by Gasteiger charge is -2.30. The average Bonchev–Trinajstić information content (AvgIpc) is 3.27. The van der Waals surface area contributed by atoms with Crippen molar-refractivity contribution in [3.8, 4) is 0 Å². The Hall–Kier alpha value is -4.36. The van der Waals surface area contributed by atoms with E-state index in [1.807, 2.05) is 41.5 Å². The Balaban J connectivity index is 2.04. The molecule has 0 aliphatic carbocycles. The van der Waals surface area contributed by atoms with E-state index in [0.29, 0.717) is 69.3 Å². The molecule has 0 aromatic heterocycles. The Morgan fingerprint density at radius 3 is 1.16 bits per heavy atom. The van der Waals surface area contributed by atoms with Crippen LogP contribution in [0.4, 0.5) is 14.4 Å². The molecule has 0 radical (unpaired) electrons. The first-order chi connectivity index (χ1) is 25.8. The number of hydrogen-bond donors (Lipinski definition) is 0. The first kappa shape index (κ1) is 47.8. The Kier molecular flexibility index (Phi) is 17.7. The summed E-state index contributed by atoms with van der Waals surface area (Å²) in [7, 11) is 0. The van der Waals surface area contributed by atoms with Crippen molar-refractivity contribution in [2.75, 3.05) is 45.8 Å². The van der Waals surface area contributed by atoms with Gasteiger partial charge >= 0.3 is 24.2 Å². The maximum Gasteiger partial charge on any atom is 0.410 e. The van der Waals surface area contributed by atoms with Gasteiger partial charge in [-0.25, -0.2) is 14.4 Å². The highest BCUT2D eigenvalue weighted by Crippen LogP contribution is 2.23. The molecule has 316 valence electrons. The molecule has 0 N–H and O–H groups in total. The lowest BCUT2D eigenvalue weighted by molar-refractivity contribution is -0.154. The molecule has 1 heterocycles. The number of benzene rings is 1. The molecule has 14 nitrogen and oxygen atoms in total. The number of carbonyl (C=O) groups excluding carboxylic acids is 6. The molecule has 5 amide bonds. The fourth-order valence-electron chi connectivity index (χ4n) is 5.75. The SMILES string of the molecule is CC(C)(C)OC(=O)CCCCN(CCCCN(CCCN(CCCN1C(=O)c2ccccc2C1=O)C(=O)OC(C)(C)C)C(=O)OC(C)(C)C)C(=O)OC(C)(C)C. The number of fused-ring (bicyclic) bond motifs is 1. The van der Waals surface area contributed by atoms with Crippen molar-refractivity contribution in [3.05, 3.63) is 35.4 Å². The van der Waals surface area contributed by atoms with Gasteiger partial charge in [-0.3, -0.25) is 19.3 Å². The van der Waals surface area contributed by atoms with Gasteiger partial charge in [0, 0.05) is 52.2 Å². The Labute approximate surface area is 334 Å². The molecule has 2 rings (SSSR count). The normalized spacial score (nSPS) is 13.2. The van der Waals surface area contributed by atoms with Gasteiger partial charge in [-0.15, -0.1) is 0 Å². The number of rotatable bonds is 18. The minimum absolute atomic E-state index is 0.139. The van der Waals surface area contributed by atoms with Gasteiger partial charge in [0.05, 0.1) is 11.1 Å². The highest BCUT2D eigenvalue weighted by atomic mass is 16.6. The Morgan fingerprint density at radius 2 is 0.804 bits per heavy atom. The van der Waals surface area contributed by atoms with Crippen LogP contribution >= 0.6 is 0 Å². The minimum atomic E-state index is -0.744. The lowest BCUT2D eigenvalue weighted by atomic mass is 10.1. The second-order valence-corrected chi connectivity index (χ2v) is 18.2. The van der Waals surface area contributed by atoms with Crippen molar-refractivity contribution in [3.63, 3.8) is 0 Å². The molecule has 1 aliphatic heterocycles. The van der Waals surface area contributed by atoms with Crippen LogP contribution in [0.3, 0.4) is 0 Å². The molecule has 0 saturated carbocycles. The zero-order chi connectivity index (χ0) is 42.5. The van der Waals surface area contributed by atoms with E-state index in [1.54, 1.807) is 75.6 Å². The summed E-state index contributed by atoms with van der Waals surface area (Å²) in [4.78, 5) is 83.6. The van der Waals surface area contributed by atoms with E-state index in [1.165, 1.54) is 9.80 Å². The van der Waals surface area contributed by atoms with Gasteiger partial charge in [-0.1, -0.05) is 12.1 Å². The summed E-state index contributed by atoms with van der Waals surface area (Å²) in [5, 5.41) is 0. The highest BCUT2D eigenvalue weighted by Gasteiger charge is 2.35. The molecule has 0 saturated heterocycles. The number of hydrogen-bond acceptors (Lipinski definition) is 10. The van der Waals surface area contributed by atoms with Gasteiger partial charge in [0.15, 0.2) is 0 Å². The molecule has 0 unspecified atom stereocenters. The molecule has 56 heavy (non-hydrogen) atoms. The molecule has 0 bridgehead atoms. The van der Waals surface area contributed by atoms with Crippen molar-refractivity contribution < 1.29 is 47.7 Å². The van der Waals surface area contributed by atoms with Crippen LogP contribution in [0.1, 0.15) is 149 Å². The largest absolute Gasteiger partial charge is 0.460 e. The van der Waals surface area contributed by atoms with Crippen LogP contribution in [0.5, 0.6) is 0 Å². The molecule has 0 fully saturated rings. The van der Waals surface area contributed by atoms with E-state index >= 15 is 0 Å². The van der Waals surface area contributed by atoms with Gasteiger partial charge < -0.3 is 33.6 Å². The van der Waals surface area contributed by atoms with Crippen LogP contribution < -0.4 is 0 Å². The summed E-state index contributed by atoms with van der Waals surface area (Å²) in [6.07, 6.45) is 1.84. The Bertz CT molecular complexity index is 1470. The third-order valence-electron chi connectivity index (χ3n) is 8.08. The first-order valence-corrected chi connectivity index (χ1v) is 19.9. The van der Waals surface area contributed by atoms with E-state index in [2.05, 4.69) is 0 Å². The number of imide groups is 1. The van der Waals surface area contributed by atoms with Crippen LogP contribution in [-0.2, 0) is 23.7 Å². The first-order valence-electron chi connectivity index (χ1n) is 19.9. The fraction of sp³-hybridized carbons (Fsp3) is 0.714. The van der Waals surface area contributed by atoms with E-state index < -0.39 is 40.7 Å². The van der Waals surface area contributed by atoms with Gasteiger partial charge in [0.2, 0.25) is 0 Å². The number of nitrogens with zero attached hydrogens (tertiary/aromatic N) is 4. The zero-order valence-electron chi connectivity index (χ0n) is 36.1. The third kappa shape index (κ3) is 18.1. The molecule has 1 aromatic carbocycles. The number of unbranched alkanes of at least 4 members (excludes halogenated alkanes) is 2. The maximum atomic E-state index is 13.3. The summed E-state index contributed by atoms with van der Waals surface area (Å²) >= 11 is 0. The van der Waals surface area contributed by atoms with Crippen LogP contribution in [-0.4, -0.2) is 124 Å². The van der Waals surface area contributed by atoms with E-state index in [-0.39, 0.29) is 50.4 Å². The third-order valence-corrected chi connectivity index (χ3v) is 8.08. The quantitative estimate of drug-likeness (QED) is 0.0618. The van der Waals surface area contributed by atoms with E-state index in [4.69, 9.17) is 18.9 Å². The van der Waals surface area contributed by atoms with Gasteiger partial charge in [0.25, 0.3) is 11.8 Å². The average molecular weight is 789 g/mol. The minimum Gasteiger partial charge on any atom is -0.460 e. The van der Waals surface area contributed by atoms with Crippen LogP contribution in [0.15, 0.2) is 24.3 Å². The van der Waals surface area contributed by atoms with Crippen molar-refractivity contribution in [1.82, 2.24) is 19.6 Å². The molecule has 14 heteroatoms. The van der Waals surface area contributed by atoms with Gasteiger partial charge in [-0.2, -0.15) is 0 Å². The summed E-state index contributed by atoms with van der Waals surface area (Å²) in [5.41, 5.74) is -1.97. The number of amides is 5. The monoisotopic (exact) mass is 788 g/mol. The van der Waals surface area contributed by atoms with Crippen LogP contribution in [0.25, 0.3) is 0 Å². The highest BCUT2D eigenvalue weighted by molar-refractivity contribution is 6.21. The predicted octanol–water partition coefficient (Wildman–Crippen LogP) is 8.07. The predicted molar refractivity (Wildman–Crippen MR) is 213 cm³/mol. The maximum absolute atomic E-state index is 13.3. The number of esters is 1. The van der Waals surface area contributed by atoms with E-state index in [0.717, 1.165) is 0 Å². The molecule has 0 atom stereocenters. The van der Waals surface area contributed by atoms with Crippen molar-refractivity contribution >= 4 is 36.1 Å². The summed E-state index contributed by atoms with van der Waals surface area (Å²) in [6.45, 7) is 23.7. The molecular weight excluding hydrogens is 720 g/mol. The van der Waals surface area contributed by atoms with Gasteiger partial charge in [0.1, 0.15) is 22.4 Å². The molecule has 1 aliphatic rings. The summed E-state index contributed by atoms with van der Waals surface area (Å²) < 4.78 is 22.4. The zero-order valence-corrected chi connectivity index (χ0v) is 36.1. The Morgan fingerprint density at radius 1 is 0.482 bits per heavy atom. The van der Waals surface area contributed by atoms with Crippen molar-refractivity contribution in [2.45, 2.75) is 150 Å². The van der Waals surface area contributed by atoms with E-state index in [9.17, 15) is 28.8 Å². The standard InChI is InChI=1S/C42H68N4O10/c1-39(2,3)53-33(47)23-15-16-24-43(36(50)54-40(4,5)6)25-17-18-26-44(37(51)55-41(7,8)9)27-19-28-45(38(52)56-42(10,11)12)29-20-30-46-34(48)31-21-13-14-22-32(31)35(46)49/h13-14,21-22H,15-20,23-30H2,1-12H3. The van der Waals surface area contributed by atoms with Gasteiger partial charge in [-0.05, 0) is 134 Å². The van der Waals surface area contributed by atoms with Crippen LogP contribution in [0.2, 0.25) is 0 Å². The van der Waals surface area contributed by atoms with Crippen LogP contribution in [0, 0.1) is 0 Å². The second kappa shape index (κ2) is 20.7. The second-order valence-electron chi connectivity index (χ2n) is 18.2. The smallest absolute Gasteiger partial charge is 0.410 e.